The van der Waals surface area contributed by atoms with Crippen molar-refractivity contribution in [3.8, 4) is 0 Å². The topological polar surface area (TPSA) is 84.7 Å². The summed E-state index contributed by atoms with van der Waals surface area (Å²) in [5.41, 5.74) is 2.04. The number of thiophene rings is 1. The average molecular weight is 407 g/mol. The van der Waals surface area contributed by atoms with E-state index in [1.807, 2.05) is 35.7 Å². The summed E-state index contributed by atoms with van der Waals surface area (Å²) in [5, 5.41) is 13.6. The smallest absolute Gasteiger partial charge is 0.225 e. The van der Waals surface area contributed by atoms with Gasteiger partial charge in [0.15, 0.2) is 5.65 Å². The Kier molecular flexibility index (Phi) is 6.11. The quantitative estimate of drug-likeness (QED) is 0.446. The minimum atomic E-state index is 0.0156. The van der Waals surface area contributed by atoms with Gasteiger partial charge in [-0.05, 0) is 23.4 Å². The van der Waals surface area contributed by atoms with Crippen LogP contribution >= 0.6 is 11.3 Å². The maximum absolute atomic E-state index is 12.0. The minimum Gasteiger partial charge on any atom is -0.369 e. The standard InChI is InChI=1S/C21H22N6OS/c28-19(13-17-7-4-12-29-17)22-10-11-27-21-18(14-26-27)20(24-15-25-21)23-9-8-16-5-2-1-3-6-16/h1-7,12,14-15H,8-11,13H2,(H,22,28)(H,23,24,25). The predicted octanol–water partition coefficient (Wildman–Crippen LogP) is 2.90. The van der Waals surface area contributed by atoms with Crippen LogP contribution in [0.5, 0.6) is 0 Å². The number of nitrogens with zero attached hydrogens (tertiary/aromatic N) is 4. The van der Waals surface area contributed by atoms with Gasteiger partial charge < -0.3 is 10.6 Å². The van der Waals surface area contributed by atoms with Crippen LogP contribution in [0.2, 0.25) is 0 Å². The SMILES string of the molecule is O=C(Cc1cccs1)NCCn1ncc2c(NCCc3ccccc3)ncnc21. The van der Waals surface area contributed by atoms with Crippen molar-refractivity contribution in [1.82, 2.24) is 25.1 Å². The zero-order valence-electron chi connectivity index (χ0n) is 15.9. The van der Waals surface area contributed by atoms with E-state index in [2.05, 4.69) is 37.8 Å². The Labute approximate surface area is 172 Å². The molecule has 148 valence electrons. The number of aromatic nitrogens is 4. The van der Waals surface area contributed by atoms with Gasteiger partial charge >= 0.3 is 0 Å². The van der Waals surface area contributed by atoms with Gasteiger partial charge in [0.1, 0.15) is 12.1 Å². The molecule has 0 aliphatic rings. The second-order valence-corrected chi connectivity index (χ2v) is 7.63. The van der Waals surface area contributed by atoms with Crippen molar-refractivity contribution in [2.45, 2.75) is 19.4 Å². The molecule has 0 saturated carbocycles. The lowest BCUT2D eigenvalue weighted by atomic mass is 10.1. The molecule has 4 aromatic rings. The molecule has 4 rings (SSSR count). The molecule has 0 aliphatic carbocycles. The summed E-state index contributed by atoms with van der Waals surface area (Å²) >= 11 is 1.59. The van der Waals surface area contributed by atoms with E-state index in [4.69, 9.17) is 0 Å². The molecule has 8 heteroatoms. The molecule has 3 aromatic heterocycles. The molecule has 3 heterocycles. The first-order valence-electron chi connectivity index (χ1n) is 9.53. The molecule has 0 unspecified atom stereocenters. The van der Waals surface area contributed by atoms with Crippen LogP contribution in [0.3, 0.4) is 0 Å². The van der Waals surface area contributed by atoms with Crippen LogP contribution < -0.4 is 10.6 Å². The van der Waals surface area contributed by atoms with Crippen LogP contribution in [0.1, 0.15) is 10.4 Å². The van der Waals surface area contributed by atoms with Crippen LogP contribution in [0.4, 0.5) is 5.82 Å². The number of amides is 1. The molecular weight excluding hydrogens is 384 g/mol. The van der Waals surface area contributed by atoms with Crippen molar-refractivity contribution in [1.29, 1.82) is 0 Å². The van der Waals surface area contributed by atoms with E-state index in [1.165, 1.54) is 5.56 Å². The number of hydrogen-bond acceptors (Lipinski definition) is 6. The lowest BCUT2D eigenvalue weighted by Crippen LogP contribution is -2.28. The molecule has 1 aromatic carbocycles. The molecule has 29 heavy (non-hydrogen) atoms. The molecule has 0 aliphatic heterocycles. The second kappa shape index (κ2) is 9.29. The van der Waals surface area contributed by atoms with Gasteiger partial charge in [0.05, 0.1) is 24.5 Å². The third-order valence-corrected chi connectivity index (χ3v) is 5.42. The number of carbonyl (C=O) groups excluding carboxylic acids is 1. The summed E-state index contributed by atoms with van der Waals surface area (Å²) in [5.74, 6) is 0.792. The highest BCUT2D eigenvalue weighted by molar-refractivity contribution is 7.10. The normalized spacial score (nSPS) is 10.9. The Morgan fingerprint density at radius 1 is 1.07 bits per heavy atom. The minimum absolute atomic E-state index is 0.0156. The molecule has 0 fully saturated rings. The Balaban J connectivity index is 1.32. The third-order valence-electron chi connectivity index (χ3n) is 4.54. The van der Waals surface area contributed by atoms with E-state index in [-0.39, 0.29) is 5.91 Å². The van der Waals surface area contributed by atoms with Crippen LogP contribution in [-0.2, 0) is 24.2 Å². The van der Waals surface area contributed by atoms with Crippen LogP contribution in [0.15, 0.2) is 60.4 Å². The van der Waals surface area contributed by atoms with Gasteiger partial charge in [0, 0.05) is 18.0 Å². The third kappa shape index (κ3) is 4.97. The summed E-state index contributed by atoms with van der Waals surface area (Å²) < 4.78 is 1.80. The van der Waals surface area contributed by atoms with E-state index in [9.17, 15) is 4.79 Å². The zero-order valence-corrected chi connectivity index (χ0v) is 16.7. The highest BCUT2D eigenvalue weighted by Crippen LogP contribution is 2.18. The van der Waals surface area contributed by atoms with Crippen molar-refractivity contribution in [3.05, 3.63) is 70.8 Å². The van der Waals surface area contributed by atoms with E-state index in [0.717, 1.165) is 34.7 Å². The van der Waals surface area contributed by atoms with Gasteiger partial charge in [0.2, 0.25) is 5.91 Å². The van der Waals surface area contributed by atoms with E-state index in [0.29, 0.717) is 19.5 Å². The number of carbonyl (C=O) groups is 1. The van der Waals surface area contributed by atoms with E-state index >= 15 is 0 Å². The second-order valence-electron chi connectivity index (χ2n) is 6.60. The largest absolute Gasteiger partial charge is 0.369 e. The van der Waals surface area contributed by atoms with Gasteiger partial charge in [0.25, 0.3) is 0 Å². The first kappa shape index (κ1) is 19.1. The average Bonchev–Trinajstić information content (AvgIpc) is 3.39. The molecule has 0 saturated heterocycles. The first-order valence-corrected chi connectivity index (χ1v) is 10.4. The highest BCUT2D eigenvalue weighted by atomic mass is 32.1. The molecule has 1 amide bonds. The molecule has 0 spiro atoms. The van der Waals surface area contributed by atoms with Gasteiger partial charge in [-0.15, -0.1) is 11.3 Å². The lowest BCUT2D eigenvalue weighted by Gasteiger charge is -2.08. The Morgan fingerprint density at radius 3 is 2.79 bits per heavy atom. The van der Waals surface area contributed by atoms with E-state index in [1.54, 1.807) is 28.5 Å². The number of rotatable bonds is 9. The van der Waals surface area contributed by atoms with Gasteiger partial charge in [-0.2, -0.15) is 5.10 Å². The van der Waals surface area contributed by atoms with E-state index < -0.39 is 0 Å². The number of anilines is 1. The summed E-state index contributed by atoms with van der Waals surface area (Å²) in [6.45, 7) is 1.84. The fourth-order valence-electron chi connectivity index (χ4n) is 3.10. The fraction of sp³-hybridized carbons (Fsp3) is 0.238. The molecule has 0 bridgehead atoms. The Hall–Kier alpha value is -3.26. The van der Waals surface area contributed by atoms with Gasteiger partial charge in [-0.3, -0.25) is 4.79 Å². The molecule has 7 nitrogen and oxygen atoms in total. The first-order chi connectivity index (χ1) is 14.3. The summed E-state index contributed by atoms with van der Waals surface area (Å²) in [7, 11) is 0. The molecule has 0 atom stereocenters. The molecule has 0 radical (unpaired) electrons. The number of benzene rings is 1. The number of nitrogens with one attached hydrogen (secondary N) is 2. The summed E-state index contributed by atoms with van der Waals surface area (Å²) in [6.07, 6.45) is 4.64. The lowest BCUT2D eigenvalue weighted by molar-refractivity contribution is -0.120. The fourth-order valence-corrected chi connectivity index (χ4v) is 3.81. The van der Waals surface area contributed by atoms with Gasteiger partial charge in [-0.1, -0.05) is 36.4 Å². The van der Waals surface area contributed by atoms with Crippen molar-refractivity contribution < 1.29 is 4.79 Å². The van der Waals surface area contributed by atoms with Crippen molar-refractivity contribution in [3.63, 3.8) is 0 Å². The van der Waals surface area contributed by atoms with Crippen LogP contribution in [-0.4, -0.2) is 38.7 Å². The maximum Gasteiger partial charge on any atom is 0.225 e. The van der Waals surface area contributed by atoms with Crippen molar-refractivity contribution >= 4 is 34.1 Å². The number of fused-ring (bicyclic) bond motifs is 1. The predicted molar refractivity (Wildman–Crippen MR) is 115 cm³/mol. The van der Waals surface area contributed by atoms with Crippen molar-refractivity contribution in [2.75, 3.05) is 18.4 Å². The molecular formula is C21H22N6OS. The summed E-state index contributed by atoms with van der Waals surface area (Å²) in [4.78, 5) is 21.8. The zero-order chi connectivity index (χ0) is 19.9. The Morgan fingerprint density at radius 2 is 1.97 bits per heavy atom. The number of hydrogen-bond donors (Lipinski definition) is 2. The Bertz CT molecular complexity index is 1060. The molecule has 2 N–H and O–H groups in total. The van der Waals surface area contributed by atoms with Crippen LogP contribution in [0, 0.1) is 0 Å². The van der Waals surface area contributed by atoms with Gasteiger partial charge in [-0.25, -0.2) is 14.6 Å². The van der Waals surface area contributed by atoms with Crippen LogP contribution in [0.25, 0.3) is 11.0 Å². The maximum atomic E-state index is 12.0. The highest BCUT2D eigenvalue weighted by Gasteiger charge is 2.10. The van der Waals surface area contributed by atoms with Crippen molar-refractivity contribution in [2.24, 2.45) is 0 Å². The monoisotopic (exact) mass is 406 g/mol. The summed E-state index contributed by atoms with van der Waals surface area (Å²) in [6, 6.07) is 14.2.